The standard InChI is InChI=1S/C15H21NO5/c1-15(2,3)21-16(10-17)13(18)9-11-6-5-7-12(8-11)14(19)20-4/h5-8,10,13,18H,9H2,1-4H3. The number of nitrogens with zero attached hydrogens (tertiary/aromatic N) is 1. The Morgan fingerprint density at radius 3 is 2.62 bits per heavy atom. The van der Waals surface area contributed by atoms with Crippen LogP contribution in [-0.4, -0.2) is 41.5 Å². The monoisotopic (exact) mass is 295 g/mol. The second kappa shape index (κ2) is 7.19. The average molecular weight is 295 g/mol. The van der Waals surface area contributed by atoms with Gasteiger partial charge in [0, 0.05) is 6.42 Å². The highest BCUT2D eigenvalue weighted by Crippen LogP contribution is 2.14. The van der Waals surface area contributed by atoms with Crippen LogP contribution in [0.5, 0.6) is 0 Å². The molecule has 1 rings (SSSR count). The van der Waals surface area contributed by atoms with Crippen LogP contribution >= 0.6 is 0 Å². The van der Waals surface area contributed by atoms with Gasteiger partial charge in [0.05, 0.1) is 18.3 Å². The molecule has 0 fully saturated rings. The van der Waals surface area contributed by atoms with E-state index in [1.54, 1.807) is 45.0 Å². The van der Waals surface area contributed by atoms with E-state index >= 15 is 0 Å². The second-order valence-electron chi connectivity index (χ2n) is 5.55. The van der Waals surface area contributed by atoms with Gasteiger partial charge < -0.3 is 9.84 Å². The van der Waals surface area contributed by atoms with E-state index in [9.17, 15) is 14.7 Å². The molecule has 0 saturated carbocycles. The minimum Gasteiger partial charge on any atom is -0.465 e. The quantitative estimate of drug-likeness (QED) is 0.373. The molecule has 6 nitrogen and oxygen atoms in total. The van der Waals surface area contributed by atoms with Crippen molar-refractivity contribution in [1.82, 2.24) is 5.06 Å². The number of amides is 1. The molecule has 0 aliphatic heterocycles. The van der Waals surface area contributed by atoms with Crippen LogP contribution in [0.1, 0.15) is 36.7 Å². The van der Waals surface area contributed by atoms with Gasteiger partial charge in [-0.2, -0.15) is 5.06 Å². The first-order valence-electron chi connectivity index (χ1n) is 6.55. The van der Waals surface area contributed by atoms with Crippen molar-refractivity contribution in [2.75, 3.05) is 7.11 Å². The molecule has 0 aromatic heterocycles. The van der Waals surface area contributed by atoms with Gasteiger partial charge in [-0.1, -0.05) is 12.1 Å². The predicted octanol–water partition coefficient (Wildman–Crippen LogP) is 1.52. The molecule has 1 N–H and O–H groups in total. The summed E-state index contributed by atoms with van der Waals surface area (Å²) >= 11 is 0. The van der Waals surface area contributed by atoms with Crippen molar-refractivity contribution in [2.45, 2.75) is 39.0 Å². The lowest BCUT2D eigenvalue weighted by Crippen LogP contribution is -2.41. The van der Waals surface area contributed by atoms with Gasteiger partial charge in [0.1, 0.15) is 0 Å². The third kappa shape index (κ3) is 5.53. The number of carbonyl (C=O) groups is 2. The molecule has 1 unspecified atom stereocenters. The van der Waals surface area contributed by atoms with Gasteiger partial charge >= 0.3 is 5.97 Å². The molecular weight excluding hydrogens is 274 g/mol. The summed E-state index contributed by atoms with van der Waals surface area (Å²) in [6, 6.07) is 6.65. The van der Waals surface area contributed by atoms with E-state index < -0.39 is 17.8 Å². The number of esters is 1. The molecule has 0 saturated heterocycles. The van der Waals surface area contributed by atoms with Crippen LogP contribution in [0.2, 0.25) is 0 Å². The van der Waals surface area contributed by atoms with Gasteiger partial charge in [-0.15, -0.1) is 0 Å². The van der Waals surface area contributed by atoms with E-state index in [1.165, 1.54) is 7.11 Å². The molecule has 0 aliphatic carbocycles. The average Bonchev–Trinajstić information content (AvgIpc) is 2.43. The molecule has 1 atom stereocenters. The zero-order valence-corrected chi connectivity index (χ0v) is 12.7. The van der Waals surface area contributed by atoms with Crippen LogP contribution in [0.25, 0.3) is 0 Å². The largest absolute Gasteiger partial charge is 0.465 e. The van der Waals surface area contributed by atoms with Crippen molar-refractivity contribution in [3.8, 4) is 0 Å². The predicted molar refractivity (Wildman–Crippen MR) is 76.2 cm³/mol. The van der Waals surface area contributed by atoms with Gasteiger partial charge in [0.25, 0.3) is 0 Å². The number of aliphatic hydroxyl groups is 1. The second-order valence-corrected chi connectivity index (χ2v) is 5.55. The summed E-state index contributed by atoms with van der Waals surface area (Å²) < 4.78 is 4.64. The molecule has 1 aromatic carbocycles. The number of hydrogen-bond acceptors (Lipinski definition) is 5. The van der Waals surface area contributed by atoms with Gasteiger partial charge in [-0.25, -0.2) is 4.79 Å². The van der Waals surface area contributed by atoms with Crippen LogP contribution in [0.15, 0.2) is 24.3 Å². The highest BCUT2D eigenvalue weighted by Gasteiger charge is 2.22. The first-order valence-corrected chi connectivity index (χ1v) is 6.55. The Labute approximate surface area is 124 Å². The molecule has 0 spiro atoms. The lowest BCUT2D eigenvalue weighted by Gasteiger charge is -2.30. The van der Waals surface area contributed by atoms with Crippen molar-refractivity contribution in [2.24, 2.45) is 0 Å². The fourth-order valence-electron chi connectivity index (χ4n) is 1.71. The lowest BCUT2D eigenvalue weighted by atomic mass is 10.1. The minimum absolute atomic E-state index is 0.139. The number of aliphatic hydroxyl groups excluding tert-OH is 1. The van der Waals surface area contributed by atoms with E-state index in [4.69, 9.17) is 4.84 Å². The first kappa shape index (κ1) is 17.1. The SMILES string of the molecule is COC(=O)c1cccc(CC(O)N(C=O)OC(C)(C)C)c1. The molecule has 0 radical (unpaired) electrons. The maximum atomic E-state index is 11.5. The number of ether oxygens (including phenoxy) is 1. The van der Waals surface area contributed by atoms with Crippen molar-refractivity contribution in [3.63, 3.8) is 0 Å². The summed E-state index contributed by atoms with van der Waals surface area (Å²) in [5.41, 5.74) is 0.474. The molecule has 1 amide bonds. The Morgan fingerprint density at radius 2 is 2.10 bits per heavy atom. The van der Waals surface area contributed by atoms with Crippen LogP contribution in [0.4, 0.5) is 0 Å². The van der Waals surface area contributed by atoms with E-state index in [0.717, 1.165) is 5.06 Å². The summed E-state index contributed by atoms with van der Waals surface area (Å²) in [4.78, 5) is 27.8. The Morgan fingerprint density at radius 1 is 1.43 bits per heavy atom. The van der Waals surface area contributed by atoms with Gasteiger partial charge in [0.15, 0.2) is 6.23 Å². The van der Waals surface area contributed by atoms with E-state index in [2.05, 4.69) is 4.74 Å². The first-order chi connectivity index (χ1) is 9.76. The molecule has 116 valence electrons. The molecule has 0 bridgehead atoms. The van der Waals surface area contributed by atoms with Crippen LogP contribution in [0.3, 0.4) is 0 Å². The number of benzene rings is 1. The Bertz CT molecular complexity index is 495. The zero-order valence-electron chi connectivity index (χ0n) is 12.7. The van der Waals surface area contributed by atoms with Crippen molar-refractivity contribution >= 4 is 12.4 Å². The summed E-state index contributed by atoms with van der Waals surface area (Å²) in [6.45, 7) is 5.32. The maximum absolute atomic E-state index is 11.5. The molecule has 0 aliphatic rings. The van der Waals surface area contributed by atoms with Crippen molar-refractivity contribution in [1.29, 1.82) is 0 Å². The molecule has 1 aromatic rings. The third-order valence-corrected chi connectivity index (χ3v) is 2.54. The van der Waals surface area contributed by atoms with Crippen molar-refractivity contribution in [3.05, 3.63) is 35.4 Å². The van der Waals surface area contributed by atoms with Gasteiger partial charge in [-0.05, 0) is 38.5 Å². The number of methoxy groups -OCH3 is 1. The fourth-order valence-corrected chi connectivity index (χ4v) is 1.71. The summed E-state index contributed by atoms with van der Waals surface area (Å²) in [5, 5.41) is 10.9. The normalized spacial score (nSPS) is 12.6. The van der Waals surface area contributed by atoms with E-state index in [0.29, 0.717) is 17.5 Å². The number of hydroxylamine groups is 2. The van der Waals surface area contributed by atoms with Crippen LogP contribution < -0.4 is 0 Å². The Balaban J connectivity index is 2.79. The topological polar surface area (TPSA) is 76.1 Å². The van der Waals surface area contributed by atoms with Crippen LogP contribution in [-0.2, 0) is 20.8 Å². The molecule has 21 heavy (non-hydrogen) atoms. The van der Waals surface area contributed by atoms with E-state index in [1.807, 2.05) is 0 Å². The molecule has 0 heterocycles. The highest BCUT2D eigenvalue weighted by atomic mass is 16.7. The van der Waals surface area contributed by atoms with E-state index in [-0.39, 0.29) is 6.42 Å². The highest BCUT2D eigenvalue weighted by molar-refractivity contribution is 5.89. The van der Waals surface area contributed by atoms with Crippen molar-refractivity contribution < 1.29 is 24.3 Å². The van der Waals surface area contributed by atoms with Crippen LogP contribution in [0, 0.1) is 0 Å². The molecule has 6 heteroatoms. The molecular formula is C15H21NO5. The zero-order chi connectivity index (χ0) is 16.0. The Hall–Kier alpha value is -1.92. The number of carbonyl (C=O) groups excluding carboxylic acids is 2. The smallest absolute Gasteiger partial charge is 0.337 e. The minimum atomic E-state index is -1.14. The van der Waals surface area contributed by atoms with Gasteiger partial charge in [0.2, 0.25) is 6.41 Å². The maximum Gasteiger partial charge on any atom is 0.337 e. The summed E-state index contributed by atoms with van der Waals surface area (Å²) in [5.74, 6) is -0.454. The lowest BCUT2D eigenvalue weighted by molar-refractivity contribution is -0.264. The Kier molecular flexibility index (Phi) is 5.87. The van der Waals surface area contributed by atoms with Gasteiger partial charge in [-0.3, -0.25) is 9.63 Å². The summed E-state index contributed by atoms with van der Waals surface area (Å²) in [7, 11) is 1.30. The summed E-state index contributed by atoms with van der Waals surface area (Å²) in [6.07, 6.45) is -0.575. The number of hydrogen-bond donors (Lipinski definition) is 1. The number of rotatable bonds is 6. The third-order valence-electron chi connectivity index (χ3n) is 2.54. The fraction of sp³-hybridized carbons (Fsp3) is 0.467.